The van der Waals surface area contributed by atoms with E-state index in [-0.39, 0.29) is 5.96 Å². The first-order chi connectivity index (χ1) is 9.64. The summed E-state index contributed by atoms with van der Waals surface area (Å²) in [5.74, 6) is -3.62. The Hall–Kier alpha value is -1.01. The fourth-order valence-electron chi connectivity index (χ4n) is 4.19. The molecule has 0 aromatic rings. The molecule has 9 atom stereocenters. The summed E-state index contributed by atoms with van der Waals surface area (Å²) in [5, 5.41) is 54.7. The number of nitrogens with one attached hydrogen (secondary N) is 1. The zero-order chi connectivity index (χ0) is 15.4. The van der Waals surface area contributed by atoms with Crippen LogP contribution in [0.1, 0.15) is 6.92 Å². The van der Waals surface area contributed by atoms with E-state index in [2.05, 4.69) is 10.3 Å². The predicted molar refractivity (Wildman–Crippen MR) is 64.3 cm³/mol. The lowest BCUT2D eigenvalue weighted by Crippen LogP contribution is -2.94. The Morgan fingerprint density at radius 1 is 1.19 bits per heavy atom. The molecule has 1 aliphatic carbocycles. The zero-order valence-corrected chi connectivity index (χ0v) is 11.0. The Bertz CT molecular complexity index is 542. The lowest BCUT2D eigenvalue weighted by molar-refractivity contribution is -0.545. The van der Waals surface area contributed by atoms with Crippen molar-refractivity contribution in [2.75, 3.05) is 0 Å². The van der Waals surface area contributed by atoms with Crippen molar-refractivity contribution in [3.05, 3.63) is 0 Å². The second-order valence-corrected chi connectivity index (χ2v) is 6.29. The topological polar surface area (TPSA) is 170 Å². The smallest absolute Gasteiger partial charge is 0.311 e. The van der Waals surface area contributed by atoms with Crippen molar-refractivity contribution in [1.29, 1.82) is 0 Å². The maximum Gasteiger partial charge on any atom is 0.311 e. The van der Waals surface area contributed by atoms with Gasteiger partial charge in [-0.2, -0.15) is 0 Å². The molecule has 4 bridgehead atoms. The molecule has 1 saturated carbocycles. The summed E-state index contributed by atoms with van der Waals surface area (Å²) >= 11 is 0. The molecule has 0 aromatic heterocycles. The maximum absolute atomic E-state index is 10.6. The average molecular weight is 303 g/mol. The van der Waals surface area contributed by atoms with Gasteiger partial charge in [-0.1, -0.05) is 0 Å². The van der Waals surface area contributed by atoms with Crippen LogP contribution in [-0.4, -0.2) is 79.2 Å². The quantitative estimate of drug-likeness (QED) is 0.233. The van der Waals surface area contributed by atoms with E-state index in [4.69, 9.17) is 15.2 Å². The van der Waals surface area contributed by atoms with Gasteiger partial charge in [-0.15, -0.1) is 0 Å². The zero-order valence-electron chi connectivity index (χ0n) is 11.0. The molecule has 1 spiro atoms. The molecule has 10 nitrogen and oxygen atoms in total. The van der Waals surface area contributed by atoms with E-state index in [0.717, 1.165) is 0 Å². The van der Waals surface area contributed by atoms with Gasteiger partial charge < -0.3 is 46.1 Å². The summed E-state index contributed by atoms with van der Waals surface area (Å²) < 4.78 is 10.4. The van der Waals surface area contributed by atoms with Crippen LogP contribution in [0.5, 0.6) is 0 Å². The molecule has 8 N–H and O–H groups in total. The second-order valence-electron chi connectivity index (χ2n) is 6.29. The van der Waals surface area contributed by atoms with Crippen LogP contribution in [0.3, 0.4) is 0 Å². The first kappa shape index (κ1) is 13.6. The van der Waals surface area contributed by atoms with Crippen molar-refractivity contribution < 1.29 is 35.0 Å². The van der Waals surface area contributed by atoms with Crippen LogP contribution in [0.25, 0.3) is 0 Å². The SMILES string of the molecule is C[C@]1(O)C2O[C@@]3(O)OC1[C@@H]1[C@@H](O)N=C(N)NC1(C2O)[C@@H]3O. The van der Waals surface area contributed by atoms with Gasteiger partial charge >= 0.3 is 5.97 Å². The summed E-state index contributed by atoms with van der Waals surface area (Å²) in [6.07, 6.45) is -6.96. The van der Waals surface area contributed by atoms with Gasteiger partial charge in [0, 0.05) is 0 Å². The highest BCUT2D eigenvalue weighted by Gasteiger charge is 2.82. The van der Waals surface area contributed by atoms with Crippen LogP contribution in [0, 0.1) is 5.92 Å². The Labute approximate surface area is 118 Å². The molecule has 4 fully saturated rings. The number of rotatable bonds is 0. The molecule has 21 heavy (non-hydrogen) atoms. The number of nitrogens with two attached hydrogens (primary N) is 1. The minimum Gasteiger partial charge on any atom is -0.388 e. The number of aliphatic imine (C=N–C) groups is 1. The van der Waals surface area contributed by atoms with Crippen LogP contribution < -0.4 is 11.1 Å². The van der Waals surface area contributed by atoms with E-state index in [1.54, 1.807) is 0 Å². The van der Waals surface area contributed by atoms with E-state index < -0.39 is 53.7 Å². The van der Waals surface area contributed by atoms with Crippen molar-refractivity contribution in [2.45, 2.75) is 54.7 Å². The number of hydrogen-bond donors (Lipinski definition) is 7. The summed E-state index contributed by atoms with van der Waals surface area (Å²) in [4.78, 5) is 3.74. The van der Waals surface area contributed by atoms with Gasteiger partial charge in [-0.3, -0.25) is 0 Å². The molecular weight excluding hydrogens is 286 g/mol. The van der Waals surface area contributed by atoms with Crippen molar-refractivity contribution in [3.8, 4) is 0 Å². The van der Waals surface area contributed by atoms with Crippen molar-refractivity contribution >= 4 is 5.96 Å². The van der Waals surface area contributed by atoms with Gasteiger partial charge in [-0.25, -0.2) is 4.99 Å². The first-order valence-corrected chi connectivity index (χ1v) is 6.60. The molecule has 0 aromatic carbocycles. The molecular formula is C11H17N3O7. The fourth-order valence-corrected chi connectivity index (χ4v) is 4.19. The van der Waals surface area contributed by atoms with Crippen molar-refractivity contribution in [1.82, 2.24) is 5.32 Å². The van der Waals surface area contributed by atoms with Crippen LogP contribution in [0.2, 0.25) is 0 Å². The largest absolute Gasteiger partial charge is 0.388 e. The van der Waals surface area contributed by atoms with Crippen molar-refractivity contribution in [3.63, 3.8) is 0 Å². The number of nitrogens with zero attached hydrogens (tertiary/aromatic N) is 1. The minimum atomic E-state index is -2.41. The molecule has 5 rings (SSSR count). The fraction of sp³-hybridized carbons (Fsp3) is 0.909. The van der Waals surface area contributed by atoms with E-state index in [1.165, 1.54) is 6.92 Å². The van der Waals surface area contributed by atoms with E-state index >= 15 is 0 Å². The van der Waals surface area contributed by atoms with Crippen LogP contribution in [0.15, 0.2) is 4.99 Å². The van der Waals surface area contributed by atoms with Gasteiger partial charge in [0.25, 0.3) is 0 Å². The van der Waals surface area contributed by atoms with Gasteiger partial charge in [-0.05, 0) is 6.92 Å². The number of guanidine groups is 1. The third-order valence-electron chi connectivity index (χ3n) is 5.13. The minimum absolute atomic E-state index is 0.193. The Morgan fingerprint density at radius 2 is 1.81 bits per heavy atom. The monoisotopic (exact) mass is 303 g/mol. The number of aliphatic hydroxyl groups is 5. The number of hydrogen-bond acceptors (Lipinski definition) is 10. The average Bonchev–Trinajstić information content (AvgIpc) is 2.36. The standard InChI is InChI=1S/C11H17N3O7/c1-9(18)4-2-6(16)13-8(12)14-10(2)3(15)5(9)21-11(19,20-4)7(10)17/h2-7,15-19H,1H3,(H3,12,13,14)/t2-,3?,4?,5?,6-,7+,9-,10?,11+/m1/s1. The predicted octanol–water partition coefficient (Wildman–Crippen LogP) is -4.49. The first-order valence-electron chi connectivity index (χ1n) is 6.60. The summed E-state index contributed by atoms with van der Waals surface area (Å²) in [5.41, 5.74) is 2.27. The van der Waals surface area contributed by atoms with Gasteiger partial charge in [0.2, 0.25) is 0 Å². The molecule has 4 aliphatic heterocycles. The molecule has 4 unspecified atom stereocenters. The summed E-state index contributed by atoms with van der Waals surface area (Å²) in [6.45, 7) is 1.36. The maximum atomic E-state index is 10.6. The Balaban J connectivity index is 1.95. The van der Waals surface area contributed by atoms with E-state index in [9.17, 15) is 25.5 Å². The molecule has 4 heterocycles. The molecule has 0 amide bonds. The summed E-state index contributed by atoms with van der Waals surface area (Å²) in [7, 11) is 0. The Kier molecular flexibility index (Phi) is 2.26. The van der Waals surface area contributed by atoms with E-state index in [1.807, 2.05) is 0 Å². The van der Waals surface area contributed by atoms with E-state index in [0.29, 0.717) is 0 Å². The van der Waals surface area contributed by atoms with Crippen LogP contribution >= 0.6 is 0 Å². The second kappa shape index (κ2) is 3.49. The molecule has 0 radical (unpaired) electrons. The highest BCUT2D eigenvalue weighted by molar-refractivity contribution is 5.80. The molecule has 3 saturated heterocycles. The lowest BCUT2D eigenvalue weighted by atomic mass is 9.55. The summed E-state index contributed by atoms with van der Waals surface area (Å²) in [6, 6.07) is 0. The van der Waals surface area contributed by atoms with Crippen LogP contribution in [0.4, 0.5) is 0 Å². The van der Waals surface area contributed by atoms with Gasteiger partial charge in [0.05, 0.1) is 5.92 Å². The van der Waals surface area contributed by atoms with Crippen molar-refractivity contribution in [2.24, 2.45) is 16.6 Å². The third-order valence-corrected chi connectivity index (χ3v) is 5.13. The molecule has 118 valence electrons. The third kappa shape index (κ3) is 1.26. The van der Waals surface area contributed by atoms with Crippen LogP contribution in [-0.2, 0) is 9.47 Å². The Morgan fingerprint density at radius 3 is 2.48 bits per heavy atom. The molecule has 10 heteroatoms. The lowest BCUT2D eigenvalue weighted by Gasteiger charge is -2.71. The highest BCUT2D eigenvalue weighted by Crippen LogP contribution is 2.58. The highest BCUT2D eigenvalue weighted by atomic mass is 16.9. The number of ether oxygens (including phenoxy) is 2. The number of aliphatic hydroxyl groups excluding tert-OH is 3. The van der Waals surface area contributed by atoms with Gasteiger partial charge in [0.1, 0.15) is 29.5 Å². The normalized spacial score (nSPS) is 64.8. The van der Waals surface area contributed by atoms with Gasteiger partial charge in [0.15, 0.2) is 18.3 Å². The molecule has 5 aliphatic rings.